The van der Waals surface area contributed by atoms with Crippen LogP contribution in [0.2, 0.25) is 0 Å². The van der Waals surface area contributed by atoms with E-state index in [1.54, 1.807) is 12.3 Å². The number of allylic oxidation sites excluding steroid dienone is 1. The lowest BCUT2D eigenvalue weighted by atomic mass is 10.2. The fourth-order valence-electron chi connectivity index (χ4n) is 2.34. The highest BCUT2D eigenvalue weighted by Crippen LogP contribution is 2.17. The van der Waals surface area contributed by atoms with Gasteiger partial charge in [0.25, 0.3) is 5.91 Å². The first-order valence-electron chi connectivity index (χ1n) is 7.45. The third-order valence-electron chi connectivity index (χ3n) is 3.59. The van der Waals surface area contributed by atoms with Gasteiger partial charge in [-0.25, -0.2) is 0 Å². The Hall–Kier alpha value is -2.43. The van der Waals surface area contributed by atoms with Gasteiger partial charge < -0.3 is 10.2 Å². The number of carbonyl (C=O) groups excluding carboxylic acids is 1. The predicted octanol–water partition coefficient (Wildman–Crippen LogP) is 2.58. The van der Waals surface area contributed by atoms with Gasteiger partial charge in [-0.05, 0) is 37.3 Å². The molecule has 1 heterocycles. The van der Waals surface area contributed by atoms with E-state index in [1.165, 1.54) is 0 Å². The maximum atomic E-state index is 12.3. The van der Waals surface area contributed by atoms with E-state index in [0.29, 0.717) is 18.3 Å². The fraction of sp³-hybridized carbons (Fsp3) is 0.353. The van der Waals surface area contributed by atoms with E-state index >= 15 is 0 Å². The summed E-state index contributed by atoms with van der Waals surface area (Å²) in [5.74, 6) is 0.487. The summed E-state index contributed by atoms with van der Waals surface area (Å²) in [6.07, 6.45) is 4.26. The van der Waals surface area contributed by atoms with Crippen molar-refractivity contribution < 1.29 is 4.79 Å². The van der Waals surface area contributed by atoms with Crippen molar-refractivity contribution >= 4 is 24.5 Å². The number of likely N-dealkylation sites (tertiary alicyclic amines) is 1. The van der Waals surface area contributed by atoms with Crippen molar-refractivity contribution in [1.82, 2.24) is 4.90 Å². The first-order valence-corrected chi connectivity index (χ1v) is 7.45. The van der Waals surface area contributed by atoms with Crippen LogP contribution in [0.4, 0.5) is 5.69 Å². The van der Waals surface area contributed by atoms with E-state index in [0.717, 1.165) is 25.2 Å². The topological polar surface area (TPSA) is 57.1 Å². The molecule has 0 saturated carbocycles. The highest BCUT2D eigenvalue weighted by Gasteiger charge is 2.24. The Kier molecular flexibility index (Phi) is 5.89. The van der Waals surface area contributed by atoms with Crippen LogP contribution in [-0.4, -0.2) is 43.5 Å². The molecule has 1 saturated heterocycles. The van der Waals surface area contributed by atoms with Gasteiger partial charge in [0, 0.05) is 25.0 Å². The first kappa shape index (κ1) is 15.9. The van der Waals surface area contributed by atoms with Crippen LogP contribution in [0.1, 0.15) is 13.3 Å². The Morgan fingerprint density at radius 3 is 2.86 bits per heavy atom. The molecule has 1 aromatic carbocycles. The Morgan fingerprint density at radius 1 is 1.45 bits per heavy atom. The SMILES string of the molecule is C=N/C(=C\C=N/CNc1ccccc1)C(=O)N1CCC(C)C1. The van der Waals surface area contributed by atoms with E-state index in [1.807, 2.05) is 35.2 Å². The highest BCUT2D eigenvalue weighted by atomic mass is 16.2. The standard InChI is InChI=1S/C17H22N4O/c1-14-9-11-21(12-14)17(22)16(18-2)8-10-19-13-20-15-6-4-3-5-7-15/h3-8,10,14,20H,2,9,11-13H2,1H3/b16-8-,19-10-. The average molecular weight is 298 g/mol. The number of rotatable bonds is 6. The van der Waals surface area contributed by atoms with E-state index < -0.39 is 0 Å². The first-order chi connectivity index (χ1) is 10.7. The van der Waals surface area contributed by atoms with Gasteiger partial charge in [-0.3, -0.25) is 14.8 Å². The maximum Gasteiger partial charge on any atom is 0.272 e. The van der Waals surface area contributed by atoms with Crippen molar-refractivity contribution in [3.63, 3.8) is 0 Å². The number of anilines is 1. The number of aliphatic imine (C=N–C) groups is 2. The second-order valence-electron chi connectivity index (χ2n) is 5.39. The normalized spacial score (nSPS) is 18.7. The van der Waals surface area contributed by atoms with E-state index in [9.17, 15) is 4.79 Å². The lowest BCUT2D eigenvalue weighted by Gasteiger charge is -2.15. The second kappa shape index (κ2) is 8.12. The summed E-state index contributed by atoms with van der Waals surface area (Å²) >= 11 is 0. The van der Waals surface area contributed by atoms with Crippen LogP contribution in [0.15, 0.2) is 52.1 Å². The molecular weight excluding hydrogens is 276 g/mol. The predicted molar refractivity (Wildman–Crippen MR) is 91.4 cm³/mol. The number of benzene rings is 1. The number of carbonyl (C=O) groups is 1. The molecule has 1 aliphatic heterocycles. The summed E-state index contributed by atoms with van der Waals surface area (Å²) in [5.41, 5.74) is 1.35. The molecule has 1 aromatic rings. The molecule has 1 amide bonds. The molecule has 1 atom stereocenters. The Balaban J connectivity index is 1.85. The molecule has 5 nitrogen and oxygen atoms in total. The van der Waals surface area contributed by atoms with E-state index in [-0.39, 0.29) is 5.91 Å². The molecule has 1 aliphatic rings. The zero-order chi connectivity index (χ0) is 15.8. The molecule has 22 heavy (non-hydrogen) atoms. The van der Waals surface area contributed by atoms with Crippen molar-refractivity contribution in [3.8, 4) is 0 Å². The van der Waals surface area contributed by atoms with Gasteiger partial charge >= 0.3 is 0 Å². The Labute approximate surface area is 131 Å². The third kappa shape index (κ3) is 4.55. The minimum Gasteiger partial charge on any atom is -0.366 e. The van der Waals surface area contributed by atoms with Gasteiger partial charge in [-0.1, -0.05) is 25.1 Å². The minimum atomic E-state index is -0.0678. The monoisotopic (exact) mass is 298 g/mol. The van der Waals surface area contributed by atoms with Crippen molar-refractivity contribution in [2.75, 3.05) is 25.1 Å². The van der Waals surface area contributed by atoms with Gasteiger partial charge in [0.15, 0.2) is 0 Å². The van der Waals surface area contributed by atoms with Gasteiger partial charge in [0.2, 0.25) is 0 Å². The fourth-order valence-corrected chi connectivity index (χ4v) is 2.34. The van der Waals surface area contributed by atoms with Gasteiger partial charge in [-0.2, -0.15) is 0 Å². The number of hydrogen-bond donors (Lipinski definition) is 1. The molecule has 0 radical (unpaired) electrons. The Bertz CT molecular complexity index is 565. The zero-order valence-electron chi connectivity index (χ0n) is 12.9. The van der Waals surface area contributed by atoms with Gasteiger partial charge in [0.1, 0.15) is 12.4 Å². The van der Waals surface area contributed by atoms with Crippen LogP contribution in [0, 0.1) is 5.92 Å². The lowest BCUT2D eigenvalue weighted by Crippen LogP contribution is -2.29. The van der Waals surface area contributed by atoms with Crippen LogP contribution in [0.3, 0.4) is 0 Å². The summed E-state index contributed by atoms with van der Waals surface area (Å²) in [5, 5.41) is 3.16. The van der Waals surface area contributed by atoms with Crippen LogP contribution in [0.25, 0.3) is 0 Å². The second-order valence-corrected chi connectivity index (χ2v) is 5.39. The summed E-state index contributed by atoms with van der Waals surface area (Å²) < 4.78 is 0. The molecule has 2 rings (SSSR count). The van der Waals surface area contributed by atoms with Crippen LogP contribution in [-0.2, 0) is 4.79 Å². The minimum absolute atomic E-state index is 0.0678. The summed E-state index contributed by atoms with van der Waals surface area (Å²) in [4.78, 5) is 22.1. The van der Waals surface area contributed by atoms with E-state index in [2.05, 4.69) is 28.9 Å². The zero-order valence-corrected chi connectivity index (χ0v) is 12.9. The van der Waals surface area contributed by atoms with Crippen molar-refractivity contribution in [1.29, 1.82) is 0 Å². The van der Waals surface area contributed by atoms with Crippen molar-refractivity contribution in [3.05, 3.63) is 42.1 Å². The number of amides is 1. The van der Waals surface area contributed by atoms with Crippen LogP contribution in [0.5, 0.6) is 0 Å². The molecule has 1 N–H and O–H groups in total. The third-order valence-corrected chi connectivity index (χ3v) is 3.59. The van der Waals surface area contributed by atoms with E-state index in [4.69, 9.17) is 0 Å². The molecule has 1 unspecified atom stereocenters. The number of para-hydroxylation sites is 1. The number of nitrogens with one attached hydrogen (secondary N) is 1. The Morgan fingerprint density at radius 2 is 2.23 bits per heavy atom. The van der Waals surface area contributed by atoms with Crippen molar-refractivity contribution in [2.45, 2.75) is 13.3 Å². The van der Waals surface area contributed by atoms with Gasteiger partial charge in [-0.15, -0.1) is 0 Å². The molecule has 116 valence electrons. The summed E-state index contributed by atoms with van der Waals surface area (Å²) in [7, 11) is 0. The van der Waals surface area contributed by atoms with Gasteiger partial charge in [0.05, 0.1) is 0 Å². The number of hydrogen-bond acceptors (Lipinski definition) is 4. The molecule has 0 spiro atoms. The molecule has 0 bridgehead atoms. The van der Waals surface area contributed by atoms with Crippen LogP contribution < -0.4 is 5.32 Å². The molecule has 5 heteroatoms. The summed E-state index contributed by atoms with van der Waals surface area (Å²) in [6, 6.07) is 9.83. The average Bonchev–Trinajstić information content (AvgIpc) is 2.98. The largest absolute Gasteiger partial charge is 0.366 e. The molecular formula is C17H22N4O. The molecule has 0 aliphatic carbocycles. The molecule has 0 aromatic heterocycles. The number of nitrogens with zero attached hydrogens (tertiary/aromatic N) is 3. The van der Waals surface area contributed by atoms with Crippen LogP contribution >= 0.6 is 0 Å². The summed E-state index contributed by atoms with van der Waals surface area (Å²) in [6.45, 7) is 7.65. The highest BCUT2D eigenvalue weighted by molar-refractivity contribution is 5.97. The van der Waals surface area contributed by atoms with Crippen molar-refractivity contribution in [2.24, 2.45) is 15.9 Å². The smallest absolute Gasteiger partial charge is 0.272 e. The maximum absolute atomic E-state index is 12.3. The quantitative estimate of drug-likeness (QED) is 0.648. The lowest BCUT2D eigenvalue weighted by molar-refractivity contribution is -0.126. The molecule has 1 fully saturated rings.